The molecule has 0 bridgehead atoms. The fraction of sp³-hybridized carbons (Fsp3) is 0.147. The van der Waals surface area contributed by atoms with Gasteiger partial charge in [-0.3, -0.25) is 0 Å². The summed E-state index contributed by atoms with van der Waals surface area (Å²) in [7, 11) is 0. The first-order valence-electron chi connectivity index (χ1n) is 36.0. The summed E-state index contributed by atoms with van der Waals surface area (Å²) in [4.78, 5) is 1.31. The minimum Gasteiger partial charge on any atom is -0.455 e. The van der Waals surface area contributed by atoms with E-state index in [9.17, 15) is 20.6 Å². The molecule has 2 nitrogen and oxygen atoms in total. The molecule has 0 spiro atoms. The highest BCUT2D eigenvalue weighted by Gasteiger charge is 2.26. The first kappa shape index (κ1) is 23.6. The zero-order valence-corrected chi connectivity index (χ0v) is 40.0. The highest BCUT2D eigenvalue weighted by Crippen LogP contribution is 2.50. The molecule has 0 unspecified atom stereocenters. The van der Waals surface area contributed by atoms with Gasteiger partial charge in [0.2, 0.25) is 0 Å². The standard InChI is InChI=1S/C68H59NO/c1-40-18-17-21-52(34-40)50-27-29-51(30-28-50)61-39-64-63-38-53(36-45(6)67(63)70-68(64)59-31-26-41(2)35-62(59)61)69(66-44(5)37-60(48(9)49(66)10)55-23-14-12-20-43(55)4)65-25-16-15-24-58(65)57-33-32-56(46(7)47(57)8)54-22-13-11-19-42(54)3/h11-39H,1-10H3/i11D,12D,13D,14D,15D,16D,17D,18D,19D,20D,21D,22D,23D,24D,25D,26D,27D,28D,29D,30D,31D,32D,33D,34D,35D,37D,38D. The van der Waals surface area contributed by atoms with E-state index in [0.717, 1.165) is 0 Å². The highest BCUT2D eigenvalue weighted by molar-refractivity contribution is 6.20. The second-order valence-corrected chi connectivity index (χ2v) is 17.5. The molecule has 0 amide bonds. The molecule has 0 aliphatic carbocycles. The third kappa shape index (κ3) is 7.51. The van der Waals surface area contributed by atoms with Gasteiger partial charge in [-0.2, -0.15) is 0 Å². The highest BCUT2D eigenvalue weighted by atomic mass is 16.3. The third-order valence-electron chi connectivity index (χ3n) is 13.0. The van der Waals surface area contributed by atoms with Crippen molar-refractivity contribution in [1.82, 2.24) is 0 Å². The van der Waals surface area contributed by atoms with E-state index in [1.165, 1.54) is 58.6 Å². The van der Waals surface area contributed by atoms with Crippen molar-refractivity contribution in [2.45, 2.75) is 69.2 Å². The van der Waals surface area contributed by atoms with E-state index >= 15 is 0 Å². The lowest BCUT2D eigenvalue weighted by atomic mass is 9.88. The summed E-state index contributed by atoms with van der Waals surface area (Å²) in [6.45, 7) is 15.0. The van der Waals surface area contributed by atoms with Crippen LogP contribution in [0.5, 0.6) is 0 Å². The van der Waals surface area contributed by atoms with Crippen LogP contribution in [0.1, 0.15) is 92.6 Å². The van der Waals surface area contributed by atoms with Crippen molar-refractivity contribution in [3.8, 4) is 55.6 Å². The van der Waals surface area contributed by atoms with Gasteiger partial charge in [0.1, 0.15) is 11.2 Å². The van der Waals surface area contributed by atoms with Crippen LogP contribution in [0.4, 0.5) is 17.1 Å². The maximum Gasteiger partial charge on any atom is 0.143 e. The number of hydrogen-bond acceptors (Lipinski definition) is 2. The van der Waals surface area contributed by atoms with Crippen LogP contribution in [0.3, 0.4) is 0 Å². The van der Waals surface area contributed by atoms with Crippen molar-refractivity contribution in [3.05, 3.63) is 231 Å². The number of aryl methyl sites for hydroxylation is 1. The molecule has 0 saturated heterocycles. The molecule has 1 heterocycles. The van der Waals surface area contributed by atoms with Crippen molar-refractivity contribution in [2.75, 3.05) is 4.90 Å². The molecule has 0 radical (unpaired) electrons. The zero-order chi connectivity index (χ0) is 72.0. The topological polar surface area (TPSA) is 16.4 Å². The van der Waals surface area contributed by atoms with E-state index in [2.05, 4.69) is 0 Å². The van der Waals surface area contributed by atoms with Crippen LogP contribution in [0.15, 0.2) is 180 Å². The Hall–Kier alpha value is -7.94. The number of furan rings is 1. The van der Waals surface area contributed by atoms with Gasteiger partial charge in [0.15, 0.2) is 0 Å². The molecular weight excluding hydrogens is 847 g/mol. The van der Waals surface area contributed by atoms with Crippen molar-refractivity contribution in [2.24, 2.45) is 0 Å². The minimum atomic E-state index is -0.823. The van der Waals surface area contributed by atoms with Crippen molar-refractivity contribution < 1.29 is 41.4 Å². The molecule has 2 heteroatoms. The summed E-state index contributed by atoms with van der Waals surface area (Å²) >= 11 is 0. The number of para-hydroxylation sites is 1. The van der Waals surface area contributed by atoms with Crippen LogP contribution < -0.4 is 4.90 Å². The van der Waals surface area contributed by atoms with Crippen molar-refractivity contribution in [1.29, 1.82) is 0 Å². The molecule has 1 aromatic heterocycles. The number of fused-ring (bicyclic) bond motifs is 5. The average Bonchev–Trinajstić information content (AvgIpc) is 1.66. The summed E-state index contributed by atoms with van der Waals surface area (Å²) in [5.74, 6) is 0. The van der Waals surface area contributed by atoms with E-state index in [-0.39, 0.29) is 151 Å². The van der Waals surface area contributed by atoms with Gasteiger partial charge >= 0.3 is 0 Å². The number of nitrogens with zero attached hydrogens (tertiary/aromatic N) is 1. The zero-order valence-electron chi connectivity index (χ0n) is 67.0. The first-order chi connectivity index (χ1) is 45.1. The molecule has 0 saturated carbocycles. The Labute approximate surface area is 451 Å². The normalized spacial score (nSPS) is 17.0. The van der Waals surface area contributed by atoms with Gasteiger partial charge in [-0.1, -0.05) is 156 Å². The Morgan fingerprint density at radius 3 is 1.66 bits per heavy atom. The van der Waals surface area contributed by atoms with Gasteiger partial charge in [-0.15, -0.1) is 0 Å². The van der Waals surface area contributed by atoms with Gasteiger partial charge in [-0.25, -0.2) is 0 Å². The molecule has 0 atom stereocenters. The largest absolute Gasteiger partial charge is 0.455 e. The van der Waals surface area contributed by atoms with E-state index in [1.807, 2.05) is 0 Å². The van der Waals surface area contributed by atoms with Crippen LogP contribution >= 0.6 is 0 Å². The molecule has 70 heavy (non-hydrogen) atoms. The summed E-state index contributed by atoms with van der Waals surface area (Å²) < 4.78 is 257. The number of benzene rings is 10. The lowest BCUT2D eigenvalue weighted by Gasteiger charge is -2.32. The second kappa shape index (κ2) is 17.5. The van der Waals surface area contributed by atoms with E-state index in [0.29, 0.717) is 0 Å². The van der Waals surface area contributed by atoms with E-state index in [4.69, 9.17) is 20.9 Å². The molecule has 0 aliphatic rings. The summed E-state index contributed by atoms with van der Waals surface area (Å²) in [5.41, 5.74) is -2.14. The van der Waals surface area contributed by atoms with Gasteiger partial charge in [-0.05, 0) is 199 Å². The van der Waals surface area contributed by atoms with Crippen LogP contribution in [-0.2, 0) is 0 Å². The SMILES string of the molecule is [2H]c1c([2H])c([2H])c(-c2c([2H])c([2H])c(-c3c([2H])c([2H])c([2H])c([2H])c3N(c3cc(C)c4oc5c(cc(-c6c([2H])c([2H])c(-c7c([2H])c([2H])c([2H])c(C)c7[2H])c([2H])c6[2H])c6c([2H])c(C)c([2H])c([2H])c65)c4c3[2H])c3c(C)c([2H])c(-c4c([2H])c([2H])c([2H])c([2H])c4C)c(C)c3C)c(C)c2C)c(C)c1[2H]. The van der Waals surface area contributed by atoms with Gasteiger partial charge in [0.05, 0.1) is 48.4 Å². The molecule has 0 aliphatic heterocycles. The minimum absolute atomic E-state index is 0.00724. The maximum atomic E-state index is 10.7. The predicted molar refractivity (Wildman–Crippen MR) is 300 cm³/mol. The van der Waals surface area contributed by atoms with Crippen LogP contribution in [0.2, 0.25) is 0 Å². The molecule has 11 aromatic rings. The first-order valence-corrected chi connectivity index (χ1v) is 22.5. The predicted octanol–water partition coefficient (Wildman–Crippen LogP) is 19.6. The van der Waals surface area contributed by atoms with Crippen LogP contribution in [-0.4, -0.2) is 0 Å². The van der Waals surface area contributed by atoms with Gasteiger partial charge < -0.3 is 9.32 Å². The monoisotopic (exact) mass is 933 g/mol. The fourth-order valence-corrected chi connectivity index (χ4v) is 9.16. The molecule has 0 fully saturated rings. The lowest BCUT2D eigenvalue weighted by molar-refractivity contribution is 0.669. The van der Waals surface area contributed by atoms with Gasteiger partial charge in [0, 0.05) is 27.4 Å². The van der Waals surface area contributed by atoms with Gasteiger partial charge in [0.25, 0.3) is 0 Å². The maximum absolute atomic E-state index is 10.7. The molecular formula is C68H59NO. The molecule has 342 valence electrons. The molecule has 11 rings (SSSR count). The molecule has 10 aromatic carbocycles. The smallest absolute Gasteiger partial charge is 0.143 e. The summed E-state index contributed by atoms with van der Waals surface area (Å²) in [6.07, 6.45) is 0. The number of rotatable bonds is 8. The van der Waals surface area contributed by atoms with Crippen LogP contribution in [0, 0.1) is 69.2 Å². The third-order valence-corrected chi connectivity index (χ3v) is 13.0. The summed E-state index contributed by atoms with van der Waals surface area (Å²) in [6, 6.07) is -13.0. The fourth-order valence-electron chi connectivity index (χ4n) is 9.16. The van der Waals surface area contributed by atoms with Crippen molar-refractivity contribution >= 4 is 49.8 Å². The van der Waals surface area contributed by atoms with E-state index in [1.54, 1.807) is 27.7 Å². The van der Waals surface area contributed by atoms with Crippen molar-refractivity contribution in [3.63, 3.8) is 0 Å². The Morgan fingerprint density at radius 2 is 0.943 bits per heavy atom. The summed E-state index contributed by atoms with van der Waals surface area (Å²) in [5, 5.41) is -0.570. The molecule has 0 N–H and O–H groups in total. The van der Waals surface area contributed by atoms with E-state index < -0.39 is 173 Å². The van der Waals surface area contributed by atoms with Crippen LogP contribution in [0.25, 0.3) is 88.3 Å². The quantitative estimate of drug-likeness (QED) is 0.151. The lowest BCUT2D eigenvalue weighted by Crippen LogP contribution is -2.15. The number of hydrogen-bond donors (Lipinski definition) is 0. The second-order valence-electron chi connectivity index (χ2n) is 17.5. The Bertz CT molecular complexity index is 5320. The Kier molecular flexibility index (Phi) is 5.91. The Morgan fingerprint density at radius 1 is 0.343 bits per heavy atom. The average molecular weight is 933 g/mol. The Balaban J connectivity index is 1.34. The number of anilines is 3.